The molecule has 0 amide bonds. The van der Waals surface area contributed by atoms with Gasteiger partial charge in [0.25, 0.3) is 0 Å². The zero-order valence-electron chi connectivity index (χ0n) is 16.3. The fraction of sp³-hybridized carbons (Fsp3) is 0.875. The Bertz CT molecular complexity index is 560. The molecule has 3 aliphatic rings. The zero-order chi connectivity index (χ0) is 20.0. The molecule has 1 N–H and O–H groups in total. The second-order valence-electron chi connectivity index (χ2n) is 7.73. The van der Waals surface area contributed by atoms with Crippen LogP contribution in [-0.2, 0) is 18.7 Å². The summed E-state index contributed by atoms with van der Waals surface area (Å²) in [5.41, 5.74) is -0.0121. The summed E-state index contributed by atoms with van der Waals surface area (Å²) < 4.78 is 18.3. The number of oxime groups is 1. The fourth-order valence-corrected chi connectivity index (χ4v) is 9.64. The molecule has 7 nitrogen and oxygen atoms in total. The number of carbonyl (C=O) groups is 1. The molecule has 0 atom stereocenters. The van der Waals surface area contributed by atoms with Gasteiger partial charge in [0, 0.05) is 16.9 Å². The number of rotatable bonds is 7. The van der Waals surface area contributed by atoms with E-state index in [9.17, 15) is 4.79 Å². The highest BCUT2D eigenvalue weighted by molar-refractivity contribution is 8.50. The lowest BCUT2D eigenvalue weighted by Gasteiger charge is -2.39. The topological polar surface area (TPSA) is 72.4 Å². The molecule has 0 radical (unpaired) electrons. The van der Waals surface area contributed by atoms with Crippen molar-refractivity contribution in [3.05, 3.63) is 0 Å². The fourth-order valence-electron chi connectivity index (χ4n) is 2.97. The Kier molecular flexibility index (Phi) is 9.14. The Morgan fingerprint density at radius 1 is 1.32 bits per heavy atom. The molecule has 0 aromatic carbocycles. The van der Waals surface area contributed by atoms with Gasteiger partial charge in [0.05, 0.1) is 30.4 Å². The van der Waals surface area contributed by atoms with Crippen LogP contribution in [0.3, 0.4) is 0 Å². The van der Waals surface area contributed by atoms with Crippen molar-refractivity contribution in [1.82, 2.24) is 8.80 Å². The van der Waals surface area contributed by atoms with E-state index >= 15 is 0 Å². The van der Waals surface area contributed by atoms with E-state index in [2.05, 4.69) is 27.8 Å². The maximum Gasteiger partial charge on any atom is 0.423 e. The normalized spacial score (nSPS) is 25.1. The average molecular weight is 487 g/mol. The van der Waals surface area contributed by atoms with Crippen LogP contribution >= 0.6 is 55.0 Å². The number of thiol groups is 1. The highest BCUT2D eigenvalue weighted by Crippen LogP contribution is 2.74. The van der Waals surface area contributed by atoms with Crippen molar-refractivity contribution in [2.45, 2.75) is 52.0 Å². The number of nitrogens with zero attached hydrogens (tertiary/aromatic N) is 2. The van der Waals surface area contributed by atoms with E-state index in [-0.39, 0.29) is 12.0 Å². The molecule has 160 valence electrons. The van der Waals surface area contributed by atoms with Crippen LogP contribution in [0.15, 0.2) is 5.16 Å². The number of thioether (sulfide) groups is 2. The Hall–Kier alpha value is 0.810. The number of nitrogens with one attached hydrogen (secondary N) is 1. The molecule has 0 bridgehead atoms. The van der Waals surface area contributed by atoms with Crippen LogP contribution in [0.4, 0.5) is 0 Å². The van der Waals surface area contributed by atoms with Crippen LogP contribution in [0.2, 0.25) is 0 Å². The Morgan fingerprint density at radius 3 is 2.61 bits per heavy atom. The van der Waals surface area contributed by atoms with E-state index in [0.717, 1.165) is 28.7 Å². The van der Waals surface area contributed by atoms with Gasteiger partial charge in [-0.25, -0.2) is 9.52 Å². The van der Waals surface area contributed by atoms with Crippen LogP contribution in [0.5, 0.6) is 0 Å². The van der Waals surface area contributed by atoms with Crippen molar-refractivity contribution >= 4 is 65.3 Å². The van der Waals surface area contributed by atoms with Gasteiger partial charge in [-0.2, -0.15) is 9.05 Å². The van der Waals surface area contributed by atoms with E-state index in [0.29, 0.717) is 19.3 Å². The van der Waals surface area contributed by atoms with Gasteiger partial charge in [0.15, 0.2) is 4.38 Å². The minimum absolute atomic E-state index is 0.0121. The predicted octanol–water partition coefficient (Wildman–Crippen LogP) is 4.75. The lowest BCUT2D eigenvalue weighted by molar-refractivity contribution is -0.142. The van der Waals surface area contributed by atoms with Crippen molar-refractivity contribution in [1.29, 1.82) is 0 Å². The molecule has 2 saturated heterocycles. The lowest BCUT2D eigenvalue weighted by atomic mass is 9.96. The molecule has 2 aliphatic heterocycles. The van der Waals surface area contributed by atoms with Crippen molar-refractivity contribution in [3.63, 3.8) is 0 Å². The van der Waals surface area contributed by atoms with E-state index in [1.807, 2.05) is 0 Å². The van der Waals surface area contributed by atoms with Crippen LogP contribution in [0, 0.1) is 5.41 Å². The first-order chi connectivity index (χ1) is 13.4. The molecule has 3 rings (SSSR count). The molecule has 3 fully saturated rings. The molecule has 0 aromatic heterocycles. The largest absolute Gasteiger partial charge is 0.423 e. The van der Waals surface area contributed by atoms with Gasteiger partial charge in [0.2, 0.25) is 0 Å². The molecular weight excluding hydrogens is 457 g/mol. The molecule has 0 unspecified atom stereocenters. The Balaban J connectivity index is 1.53. The van der Waals surface area contributed by atoms with Gasteiger partial charge in [-0.1, -0.05) is 61.8 Å². The summed E-state index contributed by atoms with van der Waals surface area (Å²) in [6.45, 7) is 5.53. The molecule has 0 spiro atoms. The van der Waals surface area contributed by atoms with Gasteiger partial charge in [-0.3, -0.25) is 0 Å². The van der Waals surface area contributed by atoms with Gasteiger partial charge in [-0.05, 0) is 16.9 Å². The van der Waals surface area contributed by atoms with Gasteiger partial charge in [0.1, 0.15) is 19.8 Å². The van der Waals surface area contributed by atoms with E-state index < -0.39 is 13.0 Å². The minimum Gasteiger partial charge on any atom is -0.315 e. The summed E-state index contributed by atoms with van der Waals surface area (Å²) in [7, 11) is -2.47. The third kappa shape index (κ3) is 6.92. The Morgan fingerprint density at radius 2 is 1.96 bits per heavy atom. The van der Waals surface area contributed by atoms with Gasteiger partial charge in [-0.15, -0.1) is 0 Å². The summed E-state index contributed by atoms with van der Waals surface area (Å²) in [6, 6.07) is 0.320. The highest BCUT2D eigenvalue weighted by atomic mass is 32.7. The maximum atomic E-state index is 12.0. The minimum atomic E-state index is -2.47. The second-order valence-corrected chi connectivity index (χ2v) is 14.7. The molecule has 1 saturated carbocycles. The number of carbonyl (C=O) groups excluding carboxylic acids is 1. The number of hydrogen-bond acceptors (Lipinski definition) is 11. The van der Waals surface area contributed by atoms with Gasteiger partial charge < -0.3 is 4.84 Å². The highest BCUT2D eigenvalue weighted by Gasteiger charge is 2.56. The smallest absolute Gasteiger partial charge is 0.315 e. The zero-order valence-corrected chi connectivity index (χ0v) is 20.5. The monoisotopic (exact) mass is 486 g/mol. The SMILES string of the molecule is CC1(C)CO[P+](S)(N(SNCC(=O)ON=C2SCCS2)C2CCCCC2)OC1. The maximum absolute atomic E-state index is 12.0. The standard InChI is InChI=1S/C16H29N3O4PS4/c1-16(2)11-21-24(25,22-12-16)19(13-6-4-3-5-7-13)28-17-10-14(20)23-18-15-26-8-9-27-15/h13,17,25H,3-12H2,1-2H3/q+1. The average Bonchev–Trinajstić information content (AvgIpc) is 3.21. The number of hydrogen-bond donors (Lipinski definition) is 2. The molecule has 1 aliphatic carbocycles. The molecular formula is C16H29N3O4PS4+. The van der Waals surface area contributed by atoms with E-state index in [1.54, 1.807) is 23.5 Å². The summed E-state index contributed by atoms with van der Waals surface area (Å²) >= 11 is 9.44. The molecule has 2 heterocycles. The van der Waals surface area contributed by atoms with Crippen molar-refractivity contribution < 1.29 is 18.7 Å². The quantitative estimate of drug-likeness (QED) is 0.174. The van der Waals surface area contributed by atoms with Crippen molar-refractivity contribution in [3.8, 4) is 0 Å². The predicted molar refractivity (Wildman–Crippen MR) is 124 cm³/mol. The lowest BCUT2D eigenvalue weighted by Crippen LogP contribution is -2.39. The molecule has 0 aromatic rings. The first-order valence-electron chi connectivity index (χ1n) is 9.52. The molecule has 28 heavy (non-hydrogen) atoms. The van der Waals surface area contributed by atoms with Crippen LogP contribution in [0.25, 0.3) is 0 Å². The third-order valence-electron chi connectivity index (χ3n) is 4.51. The first-order valence-corrected chi connectivity index (χ1v) is 15.0. The van der Waals surface area contributed by atoms with Gasteiger partial charge >= 0.3 is 13.0 Å². The van der Waals surface area contributed by atoms with Crippen LogP contribution in [-0.4, -0.2) is 51.7 Å². The van der Waals surface area contributed by atoms with Crippen molar-refractivity contribution in [2.75, 3.05) is 31.3 Å². The second kappa shape index (κ2) is 10.9. The first kappa shape index (κ1) is 23.5. The third-order valence-corrected chi connectivity index (χ3v) is 12.0. The Labute approximate surface area is 186 Å². The van der Waals surface area contributed by atoms with E-state index in [4.69, 9.17) is 26.1 Å². The summed E-state index contributed by atoms with van der Waals surface area (Å²) in [5, 5.41) is 3.90. The van der Waals surface area contributed by atoms with Crippen molar-refractivity contribution in [2.24, 2.45) is 10.6 Å². The van der Waals surface area contributed by atoms with E-state index in [1.165, 1.54) is 31.4 Å². The van der Waals surface area contributed by atoms with Crippen LogP contribution < -0.4 is 4.72 Å². The summed E-state index contributed by atoms with van der Waals surface area (Å²) in [6.07, 6.45) is 5.81. The molecule has 12 heteroatoms. The summed E-state index contributed by atoms with van der Waals surface area (Å²) in [4.78, 5) is 17.0. The van der Waals surface area contributed by atoms with Crippen LogP contribution in [0.1, 0.15) is 46.0 Å². The summed E-state index contributed by atoms with van der Waals surface area (Å²) in [5.74, 6) is 1.61.